The van der Waals surface area contributed by atoms with Gasteiger partial charge in [-0.1, -0.05) is 25.1 Å². The smallest absolute Gasteiger partial charge is 0.270 e. The molecule has 174 valence electrons. The SMILES string of the molecule is CCC1(OC)C(=O)N(C)c2cc3c(NC(C)c4cccc(C(C)(F)F)c4)nnc(C)c3cc21. The molecule has 2 heterocycles. The van der Waals surface area contributed by atoms with Crippen molar-refractivity contribution in [1.29, 1.82) is 0 Å². The Labute approximate surface area is 192 Å². The van der Waals surface area contributed by atoms with Crippen molar-refractivity contribution in [3.05, 3.63) is 58.8 Å². The number of carbonyl (C=O) groups excluding carboxylic acids is 1. The average molecular weight is 455 g/mol. The van der Waals surface area contributed by atoms with E-state index in [1.54, 1.807) is 31.2 Å². The van der Waals surface area contributed by atoms with Crippen LogP contribution in [-0.4, -0.2) is 30.3 Å². The molecule has 2 atom stereocenters. The van der Waals surface area contributed by atoms with Gasteiger partial charge in [-0.25, -0.2) is 8.78 Å². The Morgan fingerprint density at radius 3 is 2.58 bits per heavy atom. The maximum absolute atomic E-state index is 13.8. The third kappa shape index (κ3) is 3.62. The van der Waals surface area contributed by atoms with Gasteiger partial charge in [-0.05, 0) is 44.0 Å². The number of carbonyl (C=O) groups is 1. The Kier molecular flexibility index (Phi) is 5.60. The van der Waals surface area contributed by atoms with E-state index >= 15 is 0 Å². The lowest BCUT2D eigenvalue weighted by Crippen LogP contribution is -2.39. The number of hydrogen-bond acceptors (Lipinski definition) is 5. The molecule has 3 aromatic rings. The first-order valence-corrected chi connectivity index (χ1v) is 10.9. The molecule has 0 saturated heterocycles. The van der Waals surface area contributed by atoms with Gasteiger partial charge < -0.3 is 15.0 Å². The highest BCUT2D eigenvalue weighted by Gasteiger charge is 2.49. The minimum Gasteiger partial charge on any atom is -0.364 e. The first-order valence-electron chi connectivity index (χ1n) is 10.9. The molecule has 0 aliphatic carbocycles. The Hall–Kier alpha value is -3.13. The zero-order valence-electron chi connectivity index (χ0n) is 19.7. The van der Waals surface area contributed by atoms with Gasteiger partial charge in [0.05, 0.1) is 17.4 Å². The molecular formula is C25H28F2N4O2. The number of ether oxygens (including phenoxy) is 1. The topological polar surface area (TPSA) is 67.3 Å². The Morgan fingerprint density at radius 1 is 1.21 bits per heavy atom. The van der Waals surface area contributed by atoms with Gasteiger partial charge in [-0.3, -0.25) is 4.79 Å². The fraction of sp³-hybridized carbons (Fsp3) is 0.400. The summed E-state index contributed by atoms with van der Waals surface area (Å²) in [7, 11) is 3.28. The average Bonchev–Trinajstić information content (AvgIpc) is 3.00. The van der Waals surface area contributed by atoms with Crippen molar-refractivity contribution in [3.8, 4) is 0 Å². The second kappa shape index (κ2) is 8.02. The van der Waals surface area contributed by atoms with Crippen LogP contribution >= 0.6 is 0 Å². The van der Waals surface area contributed by atoms with Crippen LogP contribution in [0.15, 0.2) is 36.4 Å². The van der Waals surface area contributed by atoms with Crippen molar-refractivity contribution in [2.45, 2.75) is 51.7 Å². The fourth-order valence-electron chi connectivity index (χ4n) is 4.57. The summed E-state index contributed by atoms with van der Waals surface area (Å²) in [6, 6.07) is 9.93. The van der Waals surface area contributed by atoms with Crippen LogP contribution in [0.3, 0.4) is 0 Å². The number of alkyl halides is 2. The second-order valence-electron chi connectivity index (χ2n) is 8.68. The number of halogens is 2. The van der Waals surface area contributed by atoms with Crippen LogP contribution in [0.2, 0.25) is 0 Å². The fourth-order valence-corrected chi connectivity index (χ4v) is 4.57. The highest BCUT2D eigenvalue weighted by molar-refractivity contribution is 6.10. The molecule has 0 spiro atoms. The number of aromatic nitrogens is 2. The number of hydrogen-bond donors (Lipinski definition) is 1. The van der Waals surface area contributed by atoms with E-state index in [2.05, 4.69) is 15.5 Å². The number of aryl methyl sites for hydroxylation is 1. The van der Waals surface area contributed by atoms with Gasteiger partial charge in [0.1, 0.15) is 0 Å². The van der Waals surface area contributed by atoms with Gasteiger partial charge in [0.25, 0.3) is 11.8 Å². The standard InChI is InChI=1S/C25H28F2N4O2/c1-7-25(33-6)20-12-18-15(3)29-30-22(19(18)13-21(20)31(5)23(25)32)28-14(2)16-9-8-10-17(11-16)24(4,26)27/h8-14H,7H2,1-6H3,(H,28,30). The van der Waals surface area contributed by atoms with Crippen LogP contribution in [0.1, 0.15) is 55.6 Å². The monoisotopic (exact) mass is 454 g/mol. The van der Waals surface area contributed by atoms with Crippen molar-refractivity contribution >= 4 is 28.2 Å². The summed E-state index contributed by atoms with van der Waals surface area (Å²) in [5, 5.41) is 13.6. The van der Waals surface area contributed by atoms with Crippen LogP contribution < -0.4 is 10.2 Å². The van der Waals surface area contributed by atoms with E-state index in [4.69, 9.17) is 4.74 Å². The molecule has 2 aromatic carbocycles. The van der Waals surface area contributed by atoms with E-state index in [0.717, 1.165) is 34.6 Å². The van der Waals surface area contributed by atoms with Crippen molar-refractivity contribution in [1.82, 2.24) is 10.2 Å². The van der Waals surface area contributed by atoms with E-state index in [1.165, 1.54) is 12.1 Å². The van der Waals surface area contributed by atoms with Crippen LogP contribution in [-0.2, 0) is 21.1 Å². The zero-order chi connectivity index (χ0) is 24.1. The Bertz CT molecular complexity index is 1240. The number of rotatable bonds is 6. The minimum atomic E-state index is -2.92. The molecule has 6 nitrogen and oxygen atoms in total. The van der Waals surface area contributed by atoms with E-state index in [-0.39, 0.29) is 17.5 Å². The number of methoxy groups -OCH3 is 1. The molecule has 8 heteroatoms. The first-order chi connectivity index (χ1) is 15.5. The lowest BCUT2D eigenvalue weighted by atomic mass is 9.90. The summed E-state index contributed by atoms with van der Waals surface area (Å²) in [6.07, 6.45) is 0.503. The second-order valence-corrected chi connectivity index (χ2v) is 8.68. The van der Waals surface area contributed by atoms with Gasteiger partial charge in [0, 0.05) is 43.0 Å². The molecule has 0 fully saturated rings. The number of nitrogens with one attached hydrogen (secondary N) is 1. The Morgan fingerprint density at radius 2 is 1.94 bits per heavy atom. The van der Waals surface area contributed by atoms with E-state index in [1.807, 2.05) is 32.9 Å². The van der Waals surface area contributed by atoms with E-state index in [0.29, 0.717) is 17.8 Å². The molecule has 1 aliphatic rings. The number of benzene rings is 2. The van der Waals surface area contributed by atoms with Gasteiger partial charge in [-0.15, -0.1) is 5.10 Å². The third-order valence-corrected chi connectivity index (χ3v) is 6.62. The number of anilines is 2. The molecular weight excluding hydrogens is 426 g/mol. The normalized spacial score (nSPS) is 19.2. The molecule has 1 amide bonds. The quantitative estimate of drug-likeness (QED) is 0.536. The molecule has 0 saturated carbocycles. The summed E-state index contributed by atoms with van der Waals surface area (Å²) in [5.74, 6) is -2.51. The van der Waals surface area contributed by atoms with Crippen molar-refractivity contribution in [2.75, 3.05) is 24.4 Å². The third-order valence-electron chi connectivity index (χ3n) is 6.62. The largest absolute Gasteiger partial charge is 0.364 e. The van der Waals surface area contributed by atoms with Crippen molar-refractivity contribution < 1.29 is 18.3 Å². The van der Waals surface area contributed by atoms with E-state index < -0.39 is 11.5 Å². The molecule has 4 rings (SSSR count). The maximum atomic E-state index is 13.8. The molecule has 0 radical (unpaired) electrons. The minimum absolute atomic E-state index is 0.0399. The highest BCUT2D eigenvalue weighted by Crippen LogP contribution is 2.46. The molecule has 1 aromatic heterocycles. The summed E-state index contributed by atoms with van der Waals surface area (Å²) in [4.78, 5) is 14.7. The molecule has 1 N–H and O–H groups in total. The van der Waals surface area contributed by atoms with Crippen LogP contribution in [0, 0.1) is 6.92 Å². The first kappa shape index (κ1) is 23.0. The number of fused-ring (bicyclic) bond motifs is 2. The molecule has 0 bridgehead atoms. The predicted molar refractivity (Wildman–Crippen MR) is 125 cm³/mol. The highest BCUT2D eigenvalue weighted by atomic mass is 19.3. The van der Waals surface area contributed by atoms with Gasteiger partial charge in [-0.2, -0.15) is 5.10 Å². The van der Waals surface area contributed by atoms with Crippen LogP contribution in [0.25, 0.3) is 10.8 Å². The summed E-state index contributed by atoms with van der Waals surface area (Å²) < 4.78 is 33.4. The summed E-state index contributed by atoms with van der Waals surface area (Å²) >= 11 is 0. The predicted octanol–water partition coefficient (Wildman–Crippen LogP) is 5.45. The Balaban J connectivity index is 1.80. The van der Waals surface area contributed by atoms with Crippen LogP contribution in [0.4, 0.5) is 20.3 Å². The molecule has 1 aliphatic heterocycles. The number of amides is 1. The van der Waals surface area contributed by atoms with Gasteiger partial charge in [0.2, 0.25) is 0 Å². The molecule has 2 unspecified atom stereocenters. The zero-order valence-corrected chi connectivity index (χ0v) is 19.7. The lowest BCUT2D eigenvalue weighted by molar-refractivity contribution is -0.140. The van der Waals surface area contributed by atoms with Crippen LogP contribution in [0.5, 0.6) is 0 Å². The van der Waals surface area contributed by atoms with Crippen molar-refractivity contribution in [3.63, 3.8) is 0 Å². The summed E-state index contributed by atoms with van der Waals surface area (Å²) in [6.45, 7) is 6.56. The van der Waals surface area contributed by atoms with Crippen molar-refractivity contribution in [2.24, 2.45) is 0 Å². The maximum Gasteiger partial charge on any atom is 0.270 e. The van der Waals surface area contributed by atoms with E-state index in [9.17, 15) is 13.6 Å². The van der Waals surface area contributed by atoms with Gasteiger partial charge in [0.15, 0.2) is 11.4 Å². The number of nitrogens with zero attached hydrogens (tertiary/aromatic N) is 3. The number of likely N-dealkylation sites (N-methyl/N-ethyl adjacent to an activating group) is 1. The van der Waals surface area contributed by atoms with Gasteiger partial charge >= 0.3 is 0 Å². The lowest BCUT2D eigenvalue weighted by Gasteiger charge is -2.25. The summed E-state index contributed by atoms with van der Waals surface area (Å²) in [5.41, 5.74) is 1.93. The molecule has 33 heavy (non-hydrogen) atoms.